The molecule has 1 aromatic carbocycles. The van der Waals surface area contributed by atoms with Crippen LogP contribution in [0, 0.1) is 0 Å². The minimum Gasteiger partial charge on any atom is -0.464 e. The zero-order chi connectivity index (χ0) is 9.80. The Kier molecular flexibility index (Phi) is 2.45. The van der Waals surface area contributed by atoms with Crippen molar-refractivity contribution < 1.29 is 9.21 Å². The summed E-state index contributed by atoms with van der Waals surface area (Å²) in [5.41, 5.74) is 1.99. The lowest BCUT2D eigenvalue weighted by atomic mass is 10.0. The van der Waals surface area contributed by atoms with Gasteiger partial charge in [-0.1, -0.05) is 24.3 Å². The van der Waals surface area contributed by atoms with Crippen molar-refractivity contribution in [2.24, 2.45) is 0 Å². The Hall–Kier alpha value is -1.83. The van der Waals surface area contributed by atoms with Crippen LogP contribution in [-0.2, 0) is 11.2 Å². The molecule has 2 rings (SSSR count). The van der Waals surface area contributed by atoms with E-state index in [1.54, 1.807) is 6.26 Å². The SMILES string of the molecule is O=CCc1ccccc1-c1ccco1. The van der Waals surface area contributed by atoms with Crippen LogP contribution in [0.3, 0.4) is 0 Å². The lowest BCUT2D eigenvalue weighted by Crippen LogP contribution is -1.89. The van der Waals surface area contributed by atoms with Crippen molar-refractivity contribution in [2.75, 3.05) is 0 Å². The molecule has 0 saturated carbocycles. The fraction of sp³-hybridized carbons (Fsp3) is 0.0833. The van der Waals surface area contributed by atoms with Gasteiger partial charge in [0.1, 0.15) is 12.0 Å². The maximum Gasteiger partial charge on any atom is 0.134 e. The molecule has 14 heavy (non-hydrogen) atoms. The molecule has 0 aliphatic heterocycles. The molecule has 2 aromatic rings. The van der Waals surface area contributed by atoms with Gasteiger partial charge in [-0.15, -0.1) is 0 Å². The molecule has 0 unspecified atom stereocenters. The minimum atomic E-state index is 0.427. The van der Waals surface area contributed by atoms with E-state index in [4.69, 9.17) is 4.42 Å². The molecule has 0 amide bonds. The summed E-state index contributed by atoms with van der Waals surface area (Å²) in [5.74, 6) is 0.808. The second-order valence-corrected chi connectivity index (χ2v) is 3.01. The highest BCUT2D eigenvalue weighted by molar-refractivity contribution is 5.67. The standard InChI is InChI=1S/C12H10O2/c13-8-7-10-4-1-2-5-11(10)12-6-3-9-14-12/h1-6,8-9H,7H2. The topological polar surface area (TPSA) is 30.2 Å². The molecule has 0 N–H and O–H groups in total. The molecule has 0 aliphatic rings. The Labute approximate surface area is 82.2 Å². The van der Waals surface area contributed by atoms with E-state index in [0.717, 1.165) is 23.2 Å². The van der Waals surface area contributed by atoms with Crippen molar-refractivity contribution in [1.82, 2.24) is 0 Å². The van der Waals surface area contributed by atoms with Crippen LogP contribution in [0.25, 0.3) is 11.3 Å². The lowest BCUT2D eigenvalue weighted by molar-refractivity contribution is -0.107. The lowest BCUT2D eigenvalue weighted by Gasteiger charge is -2.02. The second-order valence-electron chi connectivity index (χ2n) is 3.01. The smallest absolute Gasteiger partial charge is 0.134 e. The summed E-state index contributed by atoms with van der Waals surface area (Å²) in [6, 6.07) is 11.5. The van der Waals surface area contributed by atoms with Gasteiger partial charge < -0.3 is 9.21 Å². The summed E-state index contributed by atoms with van der Waals surface area (Å²) in [6.45, 7) is 0. The number of hydrogen-bond donors (Lipinski definition) is 0. The number of carbonyl (C=O) groups excluding carboxylic acids is 1. The van der Waals surface area contributed by atoms with Crippen LogP contribution in [0.4, 0.5) is 0 Å². The van der Waals surface area contributed by atoms with Gasteiger partial charge in [0.15, 0.2) is 0 Å². The largest absolute Gasteiger partial charge is 0.464 e. The first kappa shape index (κ1) is 8.75. The number of rotatable bonds is 3. The fourth-order valence-corrected chi connectivity index (χ4v) is 1.46. The van der Waals surface area contributed by atoms with E-state index in [2.05, 4.69) is 0 Å². The Morgan fingerprint density at radius 2 is 2.00 bits per heavy atom. The van der Waals surface area contributed by atoms with E-state index >= 15 is 0 Å². The summed E-state index contributed by atoms with van der Waals surface area (Å²) in [5, 5.41) is 0. The number of carbonyl (C=O) groups is 1. The monoisotopic (exact) mass is 186 g/mol. The molecule has 0 atom stereocenters. The Morgan fingerprint density at radius 3 is 2.71 bits per heavy atom. The van der Waals surface area contributed by atoms with Gasteiger partial charge in [0.2, 0.25) is 0 Å². The highest BCUT2D eigenvalue weighted by Gasteiger charge is 2.05. The molecule has 0 fully saturated rings. The van der Waals surface area contributed by atoms with Crippen molar-refractivity contribution in [1.29, 1.82) is 0 Å². The molecular weight excluding hydrogens is 176 g/mol. The van der Waals surface area contributed by atoms with Crippen LogP contribution in [0.2, 0.25) is 0 Å². The van der Waals surface area contributed by atoms with Crippen LogP contribution in [-0.4, -0.2) is 6.29 Å². The Bertz CT molecular complexity index is 416. The molecule has 0 radical (unpaired) electrons. The Balaban J connectivity index is 2.46. The fourth-order valence-electron chi connectivity index (χ4n) is 1.46. The van der Waals surface area contributed by atoms with Gasteiger partial charge in [-0.05, 0) is 17.7 Å². The maximum absolute atomic E-state index is 10.5. The molecule has 0 bridgehead atoms. The predicted octanol–water partition coefficient (Wildman–Crippen LogP) is 2.69. The van der Waals surface area contributed by atoms with E-state index in [9.17, 15) is 4.79 Å². The predicted molar refractivity (Wildman–Crippen MR) is 53.9 cm³/mol. The van der Waals surface area contributed by atoms with E-state index in [1.807, 2.05) is 36.4 Å². The van der Waals surface area contributed by atoms with Crippen LogP contribution >= 0.6 is 0 Å². The summed E-state index contributed by atoms with van der Waals surface area (Å²) in [4.78, 5) is 10.5. The molecule has 1 heterocycles. The third-order valence-corrected chi connectivity index (χ3v) is 2.11. The molecule has 2 nitrogen and oxygen atoms in total. The van der Waals surface area contributed by atoms with Gasteiger partial charge in [0, 0.05) is 12.0 Å². The number of furan rings is 1. The number of hydrogen-bond acceptors (Lipinski definition) is 2. The van der Waals surface area contributed by atoms with Gasteiger partial charge in [-0.3, -0.25) is 0 Å². The first-order valence-corrected chi connectivity index (χ1v) is 4.47. The molecule has 70 valence electrons. The van der Waals surface area contributed by atoms with E-state index < -0.39 is 0 Å². The van der Waals surface area contributed by atoms with Crippen molar-refractivity contribution in [2.45, 2.75) is 6.42 Å². The van der Waals surface area contributed by atoms with Gasteiger partial charge in [0.05, 0.1) is 6.26 Å². The third kappa shape index (κ3) is 1.59. The maximum atomic E-state index is 10.5. The molecule has 1 aromatic heterocycles. The first-order valence-electron chi connectivity index (χ1n) is 4.47. The molecule has 0 aliphatic carbocycles. The van der Waals surface area contributed by atoms with Crippen LogP contribution < -0.4 is 0 Å². The summed E-state index contributed by atoms with van der Waals surface area (Å²) in [6.07, 6.45) is 2.96. The van der Waals surface area contributed by atoms with Crippen molar-refractivity contribution in [3.05, 3.63) is 48.2 Å². The summed E-state index contributed by atoms with van der Waals surface area (Å²) >= 11 is 0. The third-order valence-electron chi connectivity index (χ3n) is 2.11. The first-order chi connectivity index (χ1) is 6.92. The quantitative estimate of drug-likeness (QED) is 0.690. The zero-order valence-electron chi connectivity index (χ0n) is 7.64. The molecule has 2 heteroatoms. The van der Waals surface area contributed by atoms with E-state index in [0.29, 0.717) is 6.42 Å². The summed E-state index contributed by atoms with van der Waals surface area (Å²) in [7, 11) is 0. The van der Waals surface area contributed by atoms with Crippen molar-refractivity contribution in [3.63, 3.8) is 0 Å². The minimum absolute atomic E-state index is 0.427. The van der Waals surface area contributed by atoms with Gasteiger partial charge in [-0.25, -0.2) is 0 Å². The van der Waals surface area contributed by atoms with Gasteiger partial charge in [-0.2, -0.15) is 0 Å². The van der Waals surface area contributed by atoms with Crippen molar-refractivity contribution in [3.8, 4) is 11.3 Å². The average molecular weight is 186 g/mol. The number of benzene rings is 1. The molecular formula is C12H10O2. The van der Waals surface area contributed by atoms with Crippen LogP contribution in [0.1, 0.15) is 5.56 Å². The van der Waals surface area contributed by atoms with E-state index in [-0.39, 0.29) is 0 Å². The molecule has 0 spiro atoms. The second kappa shape index (κ2) is 3.92. The molecule has 0 saturated heterocycles. The Morgan fingerprint density at radius 1 is 1.14 bits per heavy atom. The normalized spacial score (nSPS) is 10.0. The average Bonchev–Trinajstić information content (AvgIpc) is 2.72. The summed E-state index contributed by atoms with van der Waals surface area (Å²) < 4.78 is 5.29. The highest BCUT2D eigenvalue weighted by atomic mass is 16.3. The van der Waals surface area contributed by atoms with Crippen LogP contribution in [0.5, 0.6) is 0 Å². The van der Waals surface area contributed by atoms with Gasteiger partial charge >= 0.3 is 0 Å². The van der Waals surface area contributed by atoms with Crippen LogP contribution in [0.15, 0.2) is 47.1 Å². The number of aldehydes is 1. The van der Waals surface area contributed by atoms with Crippen molar-refractivity contribution >= 4 is 6.29 Å². The zero-order valence-corrected chi connectivity index (χ0v) is 7.64. The highest BCUT2D eigenvalue weighted by Crippen LogP contribution is 2.23. The van der Waals surface area contributed by atoms with Gasteiger partial charge in [0.25, 0.3) is 0 Å². The van der Waals surface area contributed by atoms with E-state index in [1.165, 1.54) is 0 Å².